The zero-order chi connectivity index (χ0) is 15.8. The summed E-state index contributed by atoms with van der Waals surface area (Å²) in [5.41, 5.74) is 5.71. The topological polar surface area (TPSA) is 115 Å². The molecule has 120 valence electrons. The molecule has 0 radical (unpaired) electrons. The third-order valence-corrected chi connectivity index (χ3v) is 7.23. The van der Waals surface area contributed by atoms with E-state index in [1.165, 1.54) is 15.2 Å². The minimum Gasteiger partial charge on any atom is -0.381 e. The highest BCUT2D eigenvalue weighted by Crippen LogP contribution is 2.25. The van der Waals surface area contributed by atoms with Gasteiger partial charge in [-0.1, -0.05) is 6.92 Å². The number of sulfone groups is 1. The van der Waals surface area contributed by atoms with E-state index in [-0.39, 0.29) is 28.8 Å². The minimum atomic E-state index is -3.83. The van der Waals surface area contributed by atoms with E-state index in [9.17, 15) is 16.8 Å². The zero-order valence-corrected chi connectivity index (χ0v) is 13.7. The summed E-state index contributed by atoms with van der Waals surface area (Å²) in [6.07, 6.45) is 2.21. The first-order valence-electron chi connectivity index (χ1n) is 6.72. The Morgan fingerprint density at radius 3 is 2.71 bits per heavy atom. The molecule has 0 spiro atoms. The van der Waals surface area contributed by atoms with Crippen LogP contribution in [0.1, 0.15) is 20.3 Å². The van der Waals surface area contributed by atoms with Gasteiger partial charge in [0, 0.05) is 25.3 Å². The van der Waals surface area contributed by atoms with Crippen molar-refractivity contribution in [2.75, 3.05) is 23.8 Å². The van der Waals surface area contributed by atoms with Crippen LogP contribution >= 0.6 is 0 Å². The largest absolute Gasteiger partial charge is 0.381 e. The lowest BCUT2D eigenvalue weighted by Crippen LogP contribution is -2.49. The Morgan fingerprint density at radius 2 is 2.14 bits per heavy atom. The molecular formula is C11H20N4O4S2. The third kappa shape index (κ3) is 3.22. The molecular weight excluding hydrogens is 316 g/mol. The number of aryl methyl sites for hydroxylation is 1. The molecule has 1 atom stereocenters. The number of hydrogen-bond donors (Lipinski definition) is 1. The van der Waals surface area contributed by atoms with Crippen LogP contribution in [-0.4, -0.2) is 55.0 Å². The second-order valence-corrected chi connectivity index (χ2v) is 9.31. The number of nitrogens with two attached hydrogens (primary N) is 1. The van der Waals surface area contributed by atoms with E-state index in [2.05, 4.69) is 5.10 Å². The van der Waals surface area contributed by atoms with Crippen molar-refractivity contribution in [3.05, 3.63) is 6.20 Å². The normalized spacial score (nSPS) is 23.2. The smallest absolute Gasteiger partial charge is 0.248 e. The van der Waals surface area contributed by atoms with Gasteiger partial charge in [-0.15, -0.1) is 0 Å². The number of aromatic nitrogens is 2. The monoisotopic (exact) mass is 336 g/mol. The van der Waals surface area contributed by atoms with Crippen molar-refractivity contribution in [2.24, 2.45) is 0 Å². The molecule has 0 aliphatic carbocycles. The zero-order valence-electron chi connectivity index (χ0n) is 12.1. The Morgan fingerprint density at radius 1 is 1.48 bits per heavy atom. The van der Waals surface area contributed by atoms with Gasteiger partial charge in [-0.05, 0) is 13.3 Å². The molecule has 2 N–H and O–H groups in total. The van der Waals surface area contributed by atoms with E-state index in [0.29, 0.717) is 6.54 Å². The van der Waals surface area contributed by atoms with Gasteiger partial charge in [-0.3, -0.25) is 4.68 Å². The van der Waals surface area contributed by atoms with Gasteiger partial charge < -0.3 is 5.73 Å². The molecule has 1 aliphatic rings. The van der Waals surface area contributed by atoms with Crippen LogP contribution in [0, 0.1) is 0 Å². The van der Waals surface area contributed by atoms with Gasteiger partial charge in [0.1, 0.15) is 4.90 Å². The average Bonchev–Trinajstić information content (AvgIpc) is 2.69. The molecule has 8 nitrogen and oxygen atoms in total. The molecule has 1 saturated heterocycles. The standard InChI is InChI=1S/C11H20N4O4S2/c1-3-4-14-7-10(11(12)13-14)21(18,19)15-5-6-20(16,17)8-9(15)2/h7,9H,3-6,8H2,1-2H3,(H2,12,13). The maximum atomic E-state index is 12.6. The van der Waals surface area contributed by atoms with Gasteiger partial charge in [-0.25, -0.2) is 16.8 Å². The number of anilines is 1. The van der Waals surface area contributed by atoms with E-state index in [1.54, 1.807) is 6.92 Å². The fraction of sp³-hybridized carbons (Fsp3) is 0.727. The van der Waals surface area contributed by atoms with Gasteiger partial charge in [-0.2, -0.15) is 9.40 Å². The second-order valence-electron chi connectivity index (χ2n) is 5.22. The first-order chi connectivity index (χ1) is 9.67. The van der Waals surface area contributed by atoms with E-state index >= 15 is 0 Å². The van der Waals surface area contributed by atoms with Crippen molar-refractivity contribution in [2.45, 2.75) is 37.8 Å². The summed E-state index contributed by atoms with van der Waals surface area (Å²) in [6, 6.07) is -0.609. The summed E-state index contributed by atoms with van der Waals surface area (Å²) in [5, 5.41) is 3.99. The van der Waals surface area contributed by atoms with Gasteiger partial charge in [0.15, 0.2) is 15.7 Å². The highest BCUT2D eigenvalue weighted by atomic mass is 32.2. The molecule has 2 rings (SSSR count). The molecule has 1 aliphatic heterocycles. The summed E-state index contributed by atoms with van der Waals surface area (Å²) < 4.78 is 51.1. The summed E-state index contributed by atoms with van der Waals surface area (Å²) in [5.74, 6) is -0.390. The molecule has 1 fully saturated rings. The van der Waals surface area contributed by atoms with Crippen LogP contribution in [-0.2, 0) is 26.4 Å². The van der Waals surface area contributed by atoms with Crippen molar-refractivity contribution < 1.29 is 16.8 Å². The van der Waals surface area contributed by atoms with E-state index in [1.807, 2.05) is 6.92 Å². The lowest BCUT2D eigenvalue weighted by molar-refractivity contribution is 0.357. The van der Waals surface area contributed by atoms with Crippen LogP contribution in [0.25, 0.3) is 0 Å². The van der Waals surface area contributed by atoms with Crippen LogP contribution in [0.2, 0.25) is 0 Å². The first kappa shape index (κ1) is 16.2. The number of hydrogen-bond acceptors (Lipinski definition) is 6. The fourth-order valence-corrected chi connectivity index (χ4v) is 5.89. The molecule has 10 heteroatoms. The lowest BCUT2D eigenvalue weighted by Gasteiger charge is -2.31. The third-order valence-electron chi connectivity index (χ3n) is 3.40. The molecule has 0 saturated carbocycles. The van der Waals surface area contributed by atoms with Crippen LogP contribution in [0.4, 0.5) is 5.82 Å². The number of nitrogens with zero attached hydrogens (tertiary/aromatic N) is 3. The van der Waals surface area contributed by atoms with Gasteiger partial charge in [0.25, 0.3) is 0 Å². The summed E-state index contributed by atoms with van der Waals surface area (Å²) >= 11 is 0. The number of nitrogen functional groups attached to an aromatic ring is 1. The van der Waals surface area contributed by atoms with Crippen molar-refractivity contribution in [3.8, 4) is 0 Å². The Bertz CT molecular complexity index is 723. The Hall–Kier alpha value is -1.13. The molecule has 1 unspecified atom stereocenters. The Labute approximate surface area is 124 Å². The molecule has 0 amide bonds. The summed E-state index contributed by atoms with van der Waals surface area (Å²) in [7, 11) is -7.01. The van der Waals surface area contributed by atoms with Crippen molar-refractivity contribution >= 4 is 25.7 Å². The van der Waals surface area contributed by atoms with Crippen LogP contribution < -0.4 is 5.73 Å². The predicted molar refractivity (Wildman–Crippen MR) is 78.9 cm³/mol. The van der Waals surface area contributed by atoms with Crippen LogP contribution in [0.5, 0.6) is 0 Å². The number of sulfonamides is 1. The molecule has 21 heavy (non-hydrogen) atoms. The van der Waals surface area contributed by atoms with E-state index < -0.39 is 25.9 Å². The first-order valence-corrected chi connectivity index (χ1v) is 9.98. The second kappa shape index (κ2) is 5.58. The maximum absolute atomic E-state index is 12.6. The average molecular weight is 336 g/mol. The summed E-state index contributed by atoms with van der Waals surface area (Å²) in [6.45, 7) is 4.05. The molecule has 0 aromatic carbocycles. The Kier molecular flexibility index (Phi) is 4.31. The predicted octanol–water partition coefficient (Wildman–Crippen LogP) is -0.317. The SMILES string of the molecule is CCCn1cc(S(=O)(=O)N2CCS(=O)(=O)CC2C)c(N)n1. The summed E-state index contributed by atoms with van der Waals surface area (Å²) in [4.78, 5) is -0.0536. The minimum absolute atomic E-state index is 0.0514. The Balaban J connectivity index is 2.34. The van der Waals surface area contributed by atoms with E-state index in [0.717, 1.165) is 6.42 Å². The number of rotatable bonds is 4. The lowest BCUT2D eigenvalue weighted by atomic mass is 10.4. The molecule has 0 bridgehead atoms. The van der Waals surface area contributed by atoms with Gasteiger partial charge >= 0.3 is 0 Å². The van der Waals surface area contributed by atoms with Crippen LogP contribution in [0.3, 0.4) is 0 Å². The molecule has 2 heterocycles. The highest BCUT2D eigenvalue weighted by Gasteiger charge is 2.38. The maximum Gasteiger partial charge on any atom is 0.248 e. The van der Waals surface area contributed by atoms with E-state index in [4.69, 9.17) is 5.73 Å². The van der Waals surface area contributed by atoms with Crippen molar-refractivity contribution in [1.29, 1.82) is 0 Å². The fourth-order valence-electron chi connectivity index (χ4n) is 2.43. The quantitative estimate of drug-likeness (QED) is 0.806. The molecule has 1 aromatic rings. The molecule has 1 aromatic heterocycles. The van der Waals surface area contributed by atoms with Gasteiger partial charge in [0.2, 0.25) is 10.0 Å². The van der Waals surface area contributed by atoms with Crippen LogP contribution in [0.15, 0.2) is 11.1 Å². The van der Waals surface area contributed by atoms with Gasteiger partial charge in [0.05, 0.1) is 11.5 Å². The highest BCUT2D eigenvalue weighted by molar-refractivity contribution is 7.92. The van der Waals surface area contributed by atoms with Crippen molar-refractivity contribution in [3.63, 3.8) is 0 Å². The van der Waals surface area contributed by atoms with Crippen molar-refractivity contribution in [1.82, 2.24) is 14.1 Å².